The van der Waals surface area contributed by atoms with Crippen LogP contribution in [-0.2, 0) is 0 Å². The summed E-state index contributed by atoms with van der Waals surface area (Å²) in [5.74, 6) is 3.00. The van der Waals surface area contributed by atoms with Gasteiger partial charge in [0, 0.05) is 6.04 Å². The van der Waals surface area contributed by atoms with Gasteiger partial charge in [-0.3, -0.25) is 0 Å². The lowest BCUT2D eigenvalue weighted by molar-refractivity contribution is 0.165. The van der Waals surface area contributed by atoms with Crippen LogP contribution in [0.5, 0.6) is 0 Å². The molecule has 2 saturated carbocycles. The van der Waals surface area contributed by atoms with Gasteiger partial charge in [0.05, 0.1) is 0 Å². The number of hydrogen-bond acceptors (Lipinski definition) is 1. The van der Waals surface area contributed by atoms with Crippen LogP contribution in [0.2, 0.25) is 0 Å². The van der Waals surface area contributed by atoms with E-state index in [0.717, 1.165) is 30.3 Å². The van der Waals surface area contributed by atoms with Crippen LogP contribution in [0.3, 0.4) is 0 Å². The van der Waals surface area contributed by atoms with Gasteiger partial charge in [0.15, 0.2) is 0 Å². The minimum Gasteiger partial charge on any atom is -0.314 e. The van der Waals surface area contributed by atoms with Gasteiger partial charge in [-0.05, 0) is 50.0 Å². The molecule has 1 nitrogen and oxygen atoms in total. The molecule has 118 valence electrons. The molecular formula is C19H37N. The molecule has 20 heavy (non-hydrogen) atoms. The molecule has 0 amide bonds. The van der Waals surface area contributed by atoms with Gasteiger partial charge in [-0.1, -0.05) is 65.2 Å². The molecule has 2 fully saturated rings. The van der Waals surface area contributed by atoms with E-state index in [2.05, 4.69) is 19.2 Å². The van der Waals surface area contributed by atoms with Gasteiger partial charge in [0.25, 0.3) is 0 Å². The van der Waals surface area contributed by atoms with Crippen molar-refractivity contribution in [3.8, 4) is 0 Å². The molecule has 2 rings (SSSR count). The molecule has 1 atom stereocenters. The highest BCUT2D eigenvalue weighted by Gasteiger charge is 2.32. The topological polar surface area (TPSA) is 12.0 Å². The third kappa shape index (κ3) is 4.76. The van der Waals surface area contributed by atoms with E-state index < -0.39 is 0 Å². The Labute approximate surface area is 127 Å². The van der Waals surface area contributed by atoms with Gasteiger partial charge in [0.2, 0.25) is 0 Å². The fourth-order valence-corrected chi connectivity index (χ4v) is 4.87. The first-order valence-electron chi connectivity index (χ1n) is 9.58. The lowest BCUT2D eigenvalue weighted by Gasteiger charge is -2.38. The van der Waals surface area contributed by atoms with Crippen molar-refractivity contribution in [3.05, 3.63) is 0 Å². The molecule has 2 aliphatic rings. The smallest absolute Gasteiger partial charge is 0.0123 e. The van der Waals surface area contributed by atoms with E-state index in [9.17, 15) is 0 Å². The Morgan fingerprint density at radius 1 is 0.800 bits per heavy atom. The number of hydrogen-bond donors (Lipinski definition) is 1. The Kier molecular flexibility index (Phi) is 7.41. The SMILES string of the molecule is CCCC1CCC(C(NCC)C2CCCCCC2)CC1. The quantitative estimate of drug-likeness (QED) is 0.629. The van der Waals surface area contributed by atoms with Crippen molar-refractivity contribution in [2.75, 3.05) is 6.54 Å². The molecule has 1 unspecified atom stereocenters. The Morgan fingerprint density at radius 3 is 1.95 bits per heavy atom. The maximum absolute atomic E-state index is 3.90. The maximum atomic E-state index is 3.90. The van der Waals surface area contributed by atoms with Crippen LogP contribution in [-0.4, -0.2) is 12.6 Å². The van der Waals surface area contributed by atoms with Crippen molar-refractivity contribution in [1.29, 1.82) is 0 Å². The molecule has 0 radical (unpaired) electrons. The zero-order valence-electron chi connectivity index (χ0n) is 14.0. The van der Waals surface area contributed by atoms with Gasteiger partial charge in [0.1, 0.15) is 0 Å². The normalized spacial score (nSPS) is 30.9. The van der Waals surface area contributed by atoms with E-state index in [1.54, 1.807) is 0 Å². The highest BCUT2D eigenvalue weighted by Crippen LogP contribution is 2.38. The van der Waals surface area contributed by atoms with Crippen LogP contribution in [0.25, 0.3) is 0 Å². The fraction of sp³-hybridized carbons (Fsp3) is 1.00. The lowest BCUT2D eigenvalue weighted by Crippen LogP contribution is -2.43. The maximum Gasteiger partial charge on any atom is 0.0123 e. The summed E-state index contributed by atoms with van der Waals surface area (Å²) in [7, 11) is 0. The number of nitrogens with one attached hydrogen (secondary N) is 1. The average Bonchev–Trinajstić information content (AvgIpc) is 2.75. The molecular weight excluding hydrogens is 242 g/mol. The predicted octanol–water partition coefficient (Wildman–Crippen LogP) is 5.54. The Hall–Kier alpha value is -0.0400. The largest absolute Gasteiger partial charge is 0.314 e. The van der Waals surface area contributed by atoms with Crippen molar-refractivity contribution in [1.82, 2.24) is 5.32 Å². The summed E-state index contributed by atoms with van der Waals surface area (Å²) in [5, 5.41) is 3.90. The van der Waals surface area contributed by atoms with E-state index in [0.29, 0.717) is 0 Å². The summed E-state index contributed by atoms with van der Waals surface area (Å²) < 4.78 is 0. The fourth-order valence-electron chi connectivity index (χ4n) is 4.87. The van der Waals surface area contributed by atoms with Gasteiger partial charge in [-0.2, -0.15) is 0 Å². The Balaban J connectivity index is 1.87. The van der Waals surface area contributed by atoms with Crippen molar-refractivity contribution in [2.45, 2.75) is 96.9 Å². The summed E-state index contributed by atoms with van der Waals surface area (Å²) in [4.78, 5) is 0. The third-order valence-corrected chi connectivity index (χ3v) is 5.94. The van der Waals surface area contributed by atoms with E-state index in [1.807, 2.05) is 0 Å². The van der Waals surface area contributed by atoms with Crippen molar-refractivity contribution in [2.24, 2.45) is 17.8 Å². The van der Waals surface area contributed by atoms with E-state index in [1.165, 1.54) is 77.0 Å². The minimum absolute atomic E-state index is 0.834. The second-order valence-electron chi connectivity index (χ2n) is 7.40. The number of rotatable bonds is 6. The predicted molar refractivity (Wildman–Crippen MR) is 89.0 cm³/mol. The molecule has 0 saturated heterocycles. The summed E-state index contributed by atoms with van der Waals surface area (Å²) in [6.45, 7) is 5.81. The molecule has 0 bridgehead atoms. The van der Waals surface area contributed by atoms with E-state index in [4.69, 9.17) is 0 Å². The van der Waals surface area contributed by atoms with Crippen LogP contribution in [0.15, 0.2) is 0 Å². The van der Waals surface area contributed by atoms with Gasteiger partial charge in [-0.25, -0.2) is 0 Å². The zero-order chi connectivity index (χ0) is 14.2. The molecule has 0 aromatic rings. The molecule has 1 N–H and O–H groups in total. The van der Waals surface area contributed by atoms with Gasteiger partial charge >= 0.3 is 0 Å². The lowest BCUT2D eigenvalue weighted by atomic mass is 9.72. The zero-order valence-corrected chi connectivity index (χ0v) is 14.0. The summed E-state index contributed by atoms with van der Waals surface area (Å²) in [5.41, 5.74) is 0. The molecule has 0 aromatic heterocycles. The van der Waals surface area contributed by atoms with Crippen molar-refractivity contribution in [3.63, 3.8) is 0 Å². The monoisotopic (exact) mass is 279 g/mol. The summed E-state index contributed by atoms with van der Waals surface area (Å²) in [6, 6.07) is 0.834. The average molecular weight is 280 g/mol. The highest BCUT2D eigenvalue weighted by molar-refractivity contribution is 4.87. The van der Waals surface area contributed by atoms with Crippen LogP contribution in [0, 0.1) is 17.8 Å². The minimum atomic E-state index is 0.834. The van der Waals surface area contributed by atoms with E-state index in [-0.39, 0.29) is 0 Å². The van der Waals surface area contributed by atoms with E-state index >= 15 is 0 Å². The van der Waals surface area contributed by atoms with Crippen molar-refractivity contribution >= 4 is 0 Å². The highest BCUT2D eigenvalue weighted by atomic mass is 14.9. The molecule has 2 aliphatic carbocycles. The molecule has 0 aromatic carbocycles. The molecule has 0 spiro atoms. The first kappa shape index (κ1) is 16.3. The Morgan fingerprint density at radius 2 is 1.40 bits per heavy atom. The second-order valence-corrected chi connectivity index (χ2v) is 7.40. The third-order valence-electron chi connectivity index (χ3n) is 5.94. The Bertz CT molecular complexity index is 234. The molecule has 1 heteroatoms. The molecule has 0 heterocycles. The van der Waals surface area contributed by atoms with Gasteiger partial charge < -0.3 is 5.32 Å². The van der Waals surface area contributed by atoms with Gasteiger partial charge in [-0.15, -0.1) is 0 Å². The van der Waals surface area contributed by atoms with Crippen LogP contribution < -0.4 is 5.32 Å². The van der Waals surface area contributed by atoms with Crippen LogP contribution >= 0.6 is 0 Å². The van der Waals surface area contributed by atoms with Crippen molar-refractivity contribution < 1.29 is 0 Å². The first-order chi connectivity index (χ1) is 9.85. The van der Waals surface area contributed by atoms with Crippen LogP contribution in [0.4, 0.5) is 0 Å². The molecule has 0 aliphatic heterocycles. The standard InChI is InChI=1S/C19H37N/c1-3-9-16-12-14-18(15-13-16)19(20-4-2)17-10-7-5-6-8-11-17/h16-20H,3-15H2,1-2H3. The summed E-state index contributed by atoms with van der Waals surface area (Å²) in [6.07, 6.45) is 17.8. The summed E-state index contributed by atoms with van der Waals surface area (Å²) >= 11 is 0. The second kappa shape index (κ2) is 9.07. The van der Waals surface area contributed by atoms with Crippen LogP contribution in [0.1, 0.15) is 90.9 Å². The first-order valence-corrected chi connectivity index (χ1v) is 9.58.